The van der Waals surface area contributed by atoms with Crippen molar-refractivity contribution in [3.8, 4) is 0 Å². The lowest BCUT2D eigenvalue weighted by Gasteiger charge is -2.30. The molecule has 8 heteroatoms. The lowest BCUT2D eigenvalue weighted by molar-refractivity contribution is 0.0842. The zero-order valence-electron chi connectivity index (χ0n) is 19.4. The van der Waals surface area contributed by atoms with Crippen molar-refractivity contribution in [3.05, 3.63) is 71.0 Å². The maximum atomic E-state index is 12.6. The van der Waals surface area contributed by atoms with Crippen molar-refractivity contribution in [1.82, 2.24) is 25.4 Å². The first kappa shape index (κ1) is 22.9. The number of aromatic amines is 1. The Morgan fingerprint density at radius 1 is 1.18 bits per heavy atom. The molecule has 33 heavy (non-hydrogen) atoms. The first-order valence-corrected chi connectivity index (χ1v) is 11.3. The highest BCUT2D eigenvalue weighted by atomic mass is 16.3. The highest BCUT2D eigenvalue weighted by Gasteiger charge is 2.19. The van der Waals surface area contributed by atoms with Crippen LogP contribution in [0.2, 0.25) is 0 Å². The van der Waals surface area contributed by atoms with Gasteiger partial charge in [0, 0.05) is 55.1 Å². The zero-order chi connectivity index (χ0) is 23.4. The van der Waals surface area contributed by atoms with Gasteiger partial charge in [-0.25, -0.2) is 4.98 Å². The summed E-state index contributed by atoms with van der Waals surface area (Å²) in [4.78, 5) is 19.1. The van der Waals surface area contributed by atoms with Crippen LogP contribution in [0.25, 0.3) is 0 Å². The van der Waals surface area contributed by atoms with Crippen molar-refractivity contribution in [1.29, 1.82) is 0 Å². The van der Waals surface area contributed by atoms with Crippen LogP contribution in [0, 0.1) is 0 Å². The van der Waals surface area contributed by atoms with Gasteiger partial charge in [-0.15, -0.1) is 0 Å². The van der Waals surface area contributed by atoms with Gasteiger partial charge in [0.2, 0.25) is 0 Å². The predicted octanol–water partition coefficient (Wildman–Crippen LogP) is 2.99. The fourth-order valence-electron chi connectivity index (χ4n) is 3.93. The fraction of sp³-hybridized carbons (Fsp3) is 0.400. The minimum atomic E-state index is -0.640. The highest BCUT2D eigenvalue weighted by molar-refractivity contribution is 5.94. The van der Waals surface area contributed by atoms with E-state index in [4.69, 9.17) is 0 Å². The Morgan fingerprint density at radius 2 is 1.97 bits per heavy atom. The van der Waals surface area contributed by atoms with Crippen LogP contribution >= 0.6 is 0 Å². The van der Waals surface area contributed by atoms with Gasteiger partial charge >= 0.3 is 0 Å². The van der Waals surface area contributed by atoms with E-state index in [0.29, 0.717) is 23.7 Å². The second kappa shape index (κ2) is 9.72. The van der Waals surface area contributed by atoms with Crippen molar-refractivity contribution in [2.75, 3.05) is 25.0 Å². The van der Waals surface area contributed by atoms with E-state index in [1.165, 1.54) is 11.1 Å². The Morgan fingerprint density at radius 3 is 2.73 bits per heavy atom. The van der Waals surface area contributed by atoms with Gasteiger partial charge in [0.15, 0.2) is 5.82 Å². The van der Waals surface area contributed by atoms with Gasteiger partial charge in [-0.3, -0.25) is 14.8 Å². The maximum Gasteiger partial charge on any atom is 0.251 e. The first-order chi connectivity index (χ1) is 15.8. The lowest BCUT2D eigenvalue weighted by Crippen LogP contribution is -2.42. The number of hydrogen-bond acceptors (Lipinski definition) is 6. The van der Waals surface area contributed by atoms with Gasteiger partial charge in [-0.1, -0.05) is 45.0 Å². The smallest absolute Gasteiger partial charge is 0.251 e. The minimum Gasteiger partial charge on any atom is -0.390 e. The van der Waals surface area contributed by atoms with Gasteiger partial charge in [0.25, 0.3) is 5.91 Å². The Kier molecular flexibility index (Phi) is 6.76. The summed E-state index contributed by atoms with van der Waals surface area (Å²) in [5, 5.41) is 23.7. The van der Waals surface area contributed by atoms with Crippen LogP contribution in [0.1, 0.15) is 48.0 Å². The third-order valence-electron chi connectivity index (χ3n) is 5.84. The number of anilines is 2. The van der Waals surface area contributed by atoms with Gasteiger partial charge < -0.3 is 15.7 Å². The van der Waals surface area contributed by atoms with Crippen molar-refractivity contribution in [2.45, 2.75) is 45.3 Å². The molecule has 0 fully saturated rings. The number of aliphatic hydroxyl groups is 1. The van der Waals surface area contributed by atoms with Gasteiger partial charge in [0.05, 0.1) is 6.10 Å². The number of β-amino-alcohol motifs (C(OH)–C–C–N with tert-alkyl or cyclic N) is 1. The van der Waals surface area contributed by atoms with Crippen LogP contribution in [0.5, 0.6) is 0 Å². The van der Waals surface area contributed by atoms with Gasteiger partial charge in [0.1, 0.15) is 5.82 Å². The molecule has 1 aromatic carbocycles. The molecule has 0 saturated heterocycles. The Bertz CT molecular complexity index is 1100. The molecular weight excluding hydrogens is 416 g/mol. The van der Waals surface area contributed by atoms with Crippen molar-refractivity contribution < 1.29 is 9.90 Å². The summed E-state index contributed by atoms with van der Waals surface area (Å²) in [5.41, 5.74) is 4.12. The van der Waals surface area contributed by atoms with Crippen LogP contribution < -0.4 is 10.6 Å². The Hall–Kier alpha value is -3.23. The Labute approximate surface area is 194 Å². The van der Waals surface area contributed by atoms with E-state index in [9.17, 15) is 9.90 Å². The van der Waals surface area contributed by atoms with Crippen LogP contribution in [-0.2, 0) is 18.4 Å². The van der Waals surface area contributed by atoms with Crippen LogP contribution in [0.15, 0.2) is 48.7 Å². The van der Waals surface area contributed by atoms with E-state index in [1.54, 1.807) is 18.3 Å². The number of hydrogen-bond donors (Lipinski definition) is 4. The minimum absolute atomic E-state index is 0.0412. The van der Waals surface area contributed by atoms with E-state index in [0.717, 1.165) is 25.2 Å². The normalized spacial score (nSPS) is 15.0. The molecule has 1 amide bonds. The number of benzene rings is 1. The number of nitrogens with one attached hydrogen (secondary N) is 3. The number of fused-ring (bicyclic) bond motifs is 1. The second-order valence-electron chi connectivity index (χ2n) is 9.59. The van der Waals surface area contributed by atoms with Crippen molar-refractivity contribution in [3.63, 3.8) is 0 Å². The van der Waals surface area contributed by atoms with Crippen molar-refractivity contribution >= 4 is 17.5 Å². The Balaban J connectivity index is 1.28. The molecular formula is C25H32N6O2. The number of aliphatic hydroxyl groups excluding tert-OH is 1. The number of carbonyl (C=O) groups excluding carboxylic acids is 1. The molecule has 3 aromatic rings. The molecule has 0 radical (unpaired) electrons. The molecule has 0 aliphatic carbocycles. The maximum absolute atomic E-state index is 12.6. The van der Waals surface area contributed by atoms with E-state index < -0.39 is 6.10 Å². The average Bonchev–Trinajstić information content (AvgIpc) is 3.27. The molecule has 1 atom stereocenters. The number of amides is 1. The standard InChI is InChI=1S/C25H32N6O2/c1-25(2,3)21-13-23(30-29-21)28-22-12-18(8-10-26-22)24(33)27-14-20(32)16-31-11-9-17-6-4-5-7-19(17)15-31/h4-8,10,12-13,20,32H,9,11,14-16H2,1-3H3,(H,27,33)(H2,26,28,29,30). The van der Waals surface area contributed by atoms with E-state index in [2.05, 4.69) is 69.7 Å². The highest BCUT2D eigenvalue weighted by Crippen LogP contribution is 2.23. The molecule has 0 saturated carbocycles. The lowest BCUT2D eigenvalue weighted by atomic mass is 9.92. The number of pyridine rings is 1. The zero-order valence-corrected chi connectivity index (χ0v) is 19.4. The molecule has 2 aromatic heterocycles. The fourth-order valence-corrected chi connectivity index (χ4v) is 3.93. The van der Waals surface area contributed by atoms with E-state index >= 15 is 0 Å². The molecule has 0 bridgehead atoms. The monoisotopic (exact) mass is 448 g/mol. The third-order valence-corrected chi connectivity index (χ3v) is 5.84. The first-order valence-electron chi connectivity index (χ1n) is 11.3. The number of aromatic nitrogens is 3. The van der Waals surface area contributed by atoms with Crippen LogP contribution in [-0.4, -0.2) is 56.8 Å². The molecule has 174 valence electrons. The predicted molar refractivity (Wildman–Crippen MR) is 129 cm³/mol. The average molecular weight is 449 g/mol. The van der Waals surface area contributed by atoms with Crippen molar-refractivity contribution in [2.24, 2.45) is 0 Å². The van der Waals surface area contributed by atoms with Gasteiger partial charge in [-0.2, -0.15) is 5.10 Å². The quantitative estimate of drug-likeness (QED) is 0.443. The molecule has 8 nitrogen and oxygen atoms in total. The summed E-state index contributed by atoms with van der Waals surface area (Å²) in [5.74, 6) is 0.923. The number of H-pyrrole nitrogens is 1. The summed E-state index contributed by atoms with van der Waals surface area (Å²) >= 11 is 0. The second-order valence-corrected chi connectivity index (χ2v) is 9.59. The number of nitrogens with zero attached hydrogens (tertiary/aromatic N) is 3. The summed E-state index contributed by atoms with van der Waals surface area (Å²) in [6.45, 7) is 8.75. The van der Waals surface area contributed by atoms with Gasteiger partial charge in [-0.05, 0) is 29.7 Å². The molecule has 1 unspecified atom stereocenters. The van der Waals surface area contributed by atoms with E-state index in [-0.39, 0.29) is 17.9 Å². The van der Waals surface area contributed by atoms with E-state index in [1.807, 2.05) is 12.1 Å². The molecule has 0 spiro atoms. The molecule has 3 heterocycles. The summed E-state index contributed by atoms with van der Waals surface area (Å²) in [7, 11) is 0. The summed E-state index contributed by atoms with van der Waals surface area (Å²) in [6.07, 6.45) is 1.92. The number of carbonyl (C=O) groups is 1. The molecule has 4 rings (SSSR count). The summed E-state index contributed by atoms with van der Waals surface area (Å²) < 4.78 is 0. The topological polar surface area (TPSA) is 106 Å². The summed E-state index contributed by atoms with van der Waals surface area (Å²) in [6, 6.07) is 13.7. The molecule has 4 N–H and O–H groups in total. The molecule has 1 aliphatic heterocycles. The van der Waals surface area contributed by atoms with Crippen LogP contribution in [0.4, 0.5) is 11.6 Å². The SMILES string of the molecule is CC(C)(C)c1cc(Nc2cc(C(=O)NCC(O)CN3CCc4ccccc4C3)ccn2)n[nH]1. The largest absolute Gasteiger partial charge is 0.390 e. The number of rotatable bonds is 7. The van der Waals surface area contributed by atoms with Crippen LogP contribution in [0.3, 0.4) is 0 Å². The molecule has 1 aliphatic rings. The third kappa shape index (κ3) is 5.97.